The lowest BCUT2D eigenvalue weighted by Gasteiger charge is -2.37. The highest BCUT2D eigenvalue weighted by atomic mass is 19.1. The fourth-order valence-electron chi connectivity index (χ4n) is 2.78. The first kappa shape index (κ1) is 13.0. The topological polar surface area (TPSA) is 23.5 Å². The van der Waals surface area contributed by atoms with E-state index in [1.807, 2.05) is 17.0 Å². The average molecular weight is 271 g/mol. The number of para-hydroxylation sites is 1. The van der Waals surface area contributed by atoms with Gasteiger partial charge in [0.1, 0.15) is 11.6 Å². The maximum absolute atomic E-state index is 14.1. The van der Waals surface area contributed by atoms with Gasteiger partial charge < -0.3 is 10.0 Å². The number of halogens is 1. The number of aliphatic hydroxyl groups excluding tert-OH is 1. The third-order valence-electron chi connectivity index (χ3n) is 3.85. The molecule has 2 aliphatic rings. The Morgan fingerprint density at radius 3 is 2.75 bits per heavy atom. The Hall–Kier alpha value is -2.03. The largest absolute Gasteiger partial charge is 0.508 e. The smallest absolute Gasteiger partial charge is 0.146 e. The van der Waals surface area contributed by atoms with Gasteiger partial charge in [-0.15, -0.1) is 0 Å². The molecule has 1 aliphatic carbocycles. The van der Waals surface area contributed by atoms with Crippen LogP contribution in [0.4, 0.5) is 10.1 Å². The molecule has 3 rings (SSSR count). The van der Waals surface area contributed by atoms with E-state index in [1.165, 1.54) is 6.07 Å². The normalized spacial score (nSPS) is 20.8. The van der Waals surface area contributed by atoms with Crippen molar-refractivity contribution in [2.24, 2.45) is 5.41 Å². The molecule has 104 valence electrons. The lowest BCUT2D eigenvalue weighted by atomic mass is 9.80. The van der Waals surface area contributed by atoms with E-state index in [4.69, 9.17) is 0 Å². The summed E-state index contributed by atoms with van der Waals surface area (Å²) in [5, 5.41) is 10.0. The van der Waals surface area contributed by atoms with Gasteiger partial charge in [0.2, 0.25) is 0 Å². The minimum atomic E-state index is -0.235. The molecule has 0 spiro atoms. The second kappa shape index (κ2) is 4.51. The van der Waals surface area contributed by atoms with E-state index >= 15 is 0 Å². The van der Waals surface area contributed by atoms with Crippen LogP contribution in [0.25, 0.3) is 0 Å². The highest BCUT2D eigenvalue weighted by molar-refractivity contribution is 5.61. The van der Waals surface area contributed by atoms with Gasteiger partial charge in [-0.3, -0.25) is 0 Å². The summed E-state index contributed by atoms with van der Waals surface area (Å²) >= 11 is 0. The van der Waals surface area contributed by atoms with Gasteiger partial charge in [0.15, 0.2) is 0 Å². The molecule has 1 heterocycles. The van der Waals surface area contributed by atoms with Crippen LogP contribution in [0.1, 0.15) is 20.3 Å². The molecule has 0 aromatic heterocycles. The highest BCUT2D eigenvalue weighted by Crippen LogP contribution is 2.40. The second-order valence-corrected chi connectivity index (χ2v) is 6.01. The summed E-state index contributed by atoms with van der Waals surface area (Å²) in [4.78, 5) is 1.95. The van der Waals surface area contributed by atoms with Crippen LogP contribution in [0.15, 0.2) is 59.5 Å². The summed E-state index contributed by atoms with van der Waals surface area (Å²) in [6, 6.07) is 6.77. The molecule has 0 saturated carbocycles. The van der Waals surface area contributed by atoms with Crippen LogP contribution < -0.4 is 4.90 Å². The van der Waals surface area contributed by atoms with E-state index in [9.17, 15) is 9.50 Å². The van der Waals surface area contributed by atoms with Gasteiger partial charge in [0.05, 0.1) is 5.69 Å². The maximum Gasteiger partial charge on any atom is 0.146 e. The Bertz CT molecular complexity index is 640. The van der Waals surface area contributed by atoms with Crippen LogP contribution in [0.5, 0.6) is 0 Å². The van der Waals surface area contributed by atoms with Crippen LogP contribution in [0.2, 0.25) is 0 Å². The van der Waals surface area contributed by atoms with Crippen molar-refractivity contribution >= 4 is 5.69 Å². The number of anilines is 1. The fourth-order valence-corrected chi connectivity index (χ4v) is 2.78. The van der Waals surface area contributed by atoms with E-state index < -0.39 is 0 Å². The predicted octanol–water partition coefficient (Wildman–Crippen LogP) is 4.33. The zero-order valence-corrected chi connectivity index (χ0v) is 11.7. The summed E-state index contributed by atoms with van der Waals surface area (Å²) in [6.07, 6.45) is 6.55. The number of hydrogen-bond acceptors (Lipinski definition) is 2. The van der Waals surface area contributed by atoms with E-state index in [1.54, 1.807) is 18.2 Å². The summed E-state index contributed by atoms with van der Waals surface area (Å²) in [7, 11) is 0. The van der Waals surface area contributed by atoms with Crippen molar-refractivity contribution in [3.63, 3.8) is 0 Å². The molecule has 0 unspecified atom stereocenters. The summed E-state index contributed by atoms with van der Waals surface area (Å²) in [5.41, 5.74) is 2.37. The van der Waals surface area contributed by atoms with Gasteiger partial charge in [-0.2, -0.15) is 0 Å². The van der Waals surface area contributed by atoms with Crippen molar-refractivity contribution in [1.29, 1.82) is 0 Å². The Morgan fingerprint density at radius 2 is 2.00 bits per heavy atom. The fraction of sp³-hybridized carbons (Fsp3) is 0.294. The van der Waals surface area contributed by atoms with E-state index in [-0.39, 0.29) is 11.2 Å². The average Bonchev–Trinajstić information content (AvgIpc) is 2.39. The standard InChI is InChI=1S/C17H18FNO/c1-17(2)9-7-12-15(11-17)19(10-8-16(12)20)14-6-4-3-5-13(14)18/h3-9,20H,10-11H2,1-2H3. The van der Waals surface area contributed by atoms with Crippen LogP contribution in [-0.2, 0) is 0 Å². The number of rotatable bonds is 1. The Balaban J connectivity index is 2.08. The Labute approximate surface area is 118 Å². The van der Waals surface area contributed by atoms with Gasteiger partial charge >= 0.3 is 0 Å². The lowest BCUT2D eigenvalue weighted by molar-refractivity contribution is 0.405. The van der Waals surface area contributed by atoms with Crippen molar-refractivity contribution in [1.82, 2.24) is 0 Å². The van der Waals surface area contributed by atoms with E-state index in [0.717, 1.165) is 17.7 Å². The molecule has 1 aromatic carbocycles. The molecule has 0 saturated heterocycles. The molecule has 1 aromatic rings. The first-order chi connectivity index (χ1) is 9.48. The molecule has 20 heavy (non-hydrogen) atoms. The number of nitrogens with zero attached hydrogens (tertiary/aromatic N) is 1. The minimum absolute atomic E-state index is 0.0138. The Kier molecular flexibility index (Phi) is 2.93. The summed E-state index contributed by atoms with van der Waals surface area (Å²) in [5.74, 6) is 0.0563. The summed E-state index contributed by atoms with van der Waals surface area (Å²) in [6.45, 7) is 4.78. The van der Waals surface area contributed by atoms with Crippen LogP contribution in [-0.4, -0.2) is 11.7 Å². The zero-order valence-electron chi connectivity index (χ0n) is 11.7. The highest BCUT2D eigenvalue weighted by Gasteiger charge is 2.30. The molecule has 0 atom stereocenters. The van der Waals surface area contributed by atoms with E-state index in [0.29, 0.717) is 18.0 Å². The SMILES string of the molecule is CC1(C)C=CC2=C(C1)N(c1ccccc1F)CC=C2O. The second-order valence-electron chi connectivity index (χ2n) is 6.01. The minimum Gasteiger partial charge on any atom is -0.508 e. The van der Waals surface area contributed by atoms with Crippen molar-refractivity contribution in [2.45, 2.75) is 20.3 Å². The molecule has 1 aliphatic heterocycles. The van der Waals surface area contributed by atoms with Gasteiger partial charge in [0.25, 0.3) is 0 Å². The molecule has 1 N–H and O–H groups in total. The molecule has 0 amide bonds. The molecular formula is C17H18FNO. The quantitative estimate of drug-likeness (QED) is 0.822. The van der Waals surface area contributed by atoms with Gasteiger partial charge in [-0.25, -0.2) is 4.39 Å². The molecule has 0 radical (unpaired) electrons. The first-order valence-corrected chi connectivity index (χ1v) is 6.82. The van der Waals surface area contributed by atoms with Crippen LogP contribution in [0, 0.1) is 11.2 Å². The van der Waals surface area contributed by atoms with Crippen LogP contribution in [0.3, 0.4) is 0 Å². The molecule has 3 heteroatoms. The van der Waals surface area contributed by atoms with Crippen molar-refractivity contribution in [3.05, 3.63) is 65.3 Å². The number of benzene rings is 1. The zero-order chi connectivity index (χ0) is 14.3. The van der Waals surface area contributed by atoms with Crippen molar-refractivity contribution in [3.8, 4) is 0 Å². The number of hydrogen-bond donors (Lipinski definition) is 1. The van der Waals surface area contributed by atoms with Gasteiger partial charge in [-0.05, 0) is 30.0 Å². The first-order valence-electron chi connectivity index (χ1n) is 6.82. The van der Waals surface area contributed by atoms with Gasteiger partial charge in [0, 0.05) is 17.8 Å². The lowest BCUT2D eigenvalue weighted by Crippen LogP contribution is -2.32. The third kappa shape index (κ3) is 2.13. The van der Waals surface area contributed by atoms with Crippen LogP contribution >= 0.6 is 0 Å². The Morgan fingerprint density at radius 1 is 1.25 bits per heavy atom. The number of allylic oxidation sites excluding steroid dienone is 3. The predicted molar refractivity (Wildman–Crippen MR) is 79.0 cm³/mol. The van der Waals surface area contributed by atoms with Crippen molar-refractivity contribution in [2.75, 3.05) is 11.4 Å². The summed E-state index contributed by atoms with van der Waals surface area (Å²) < 4.78 is 14.1. The third-order valence-corrected chi connectivity index (χ3v) is 3.85. The molecular weight excluding hydrogens is 253 g/mol. The van der Waals surface area contributed by atoms with Crippen molar-refractivity contribution < 1.29 is 9.50 Å². The molecule has 0 bridgehead atoms. The molecule has 0 fully saturated rings. The van der Waals surface area contributed by atoms with Gasteiger partial charge in [-0.1, -0.05) is 38.1 Å². The maximum atomic E-state index is 14.1. The molecule has 2 nitrogen and oxygen atoms in total. The number of aliphatic hydroxyl groups is 1. The monoisotopic (exact) mass is 271 g/mol. The van der Waals surface area contributed by atoms with E-state index in [2.05, 4.69) is 19.9 Å².